The van der Waals surface area contributed by atoms with Crippen molar-refractivity contribution in [3.05, 3.63) is 47.7 Å². The third-order valence-corrected chi connectivity index (χ3v) is 4.17. The van der Waals surface area contributed by atoms with Crippen molar-refractivity contribution >= 4 is 23.9 Å². The molecule has 0 fully saturated rings. The van der Waals surface area contributed by atoms with Crippen molar-refractivity contribution in [1.29, 1.82) is 0 Å². The van der Waals surface area contributed by atoms with Crippen LogP contribution in [0.4, 0.5) is 5.69 Å². The molecule has 1 aliphatic rings. The monoisotopic (exact) mass is 313 g/mol. The number of carbonyl (C=O) groups excluding carboxylic acids is 3. The molecule has 1 aromatic rings. The van der Waals surface area contributed by atoms with Gasteiger partial charge in [-0.2, -0.15) is 0 Å². The SMILES string of the molecule is C=C=CC(C=O)(C(=O)OC)C1C(=O)N(CC)c2ccc(C)cc21. The summed E-state index contributed by atoms with van der Waals surface area (Å²) >= 11 is 0. The normalized spacial score (nSPS) is 18.7. The molecule has 5 heteroatoms. The van der Waals surface area contributed by atoms with Gasteiger partial charge in [-0.25, -0.2) is 0 Å². The highest BCUT2D eigenvalue weighted by Crippen LogP contribution is 2.47. The second kappa shape index (κ2) is 6.23. The average molecular weight is 313 g/mol. The number of rotatable bonds is 5. The van der Waals surface area contributed by atoms with E-state index in [0.29, 0.717) is 24.1 Å². The van der Waals surface area contributed by atoms with Gasteiger partial charge in [-0.15, -0.1) is 5.73 Å². The average Bonchev–Trinajstić information content (AvgIpc) is 2.83. The third-order valence-electron chi connectivity index (χ3n) is 4.17. The Kier molecular flexibility index (Phi) is 4.52. The van der Waals surface area contributed by atoms with E-state index in [2.05, 4.69) is 12.3 Å². The molecule has 23 heavy (non-hydrogen) atoms. The zero-order chi connectivity index (χ0) is 17.2. The molecule has 2 rings (SSSR count). The zero-order valence-corrected chi connectivity index (χ0v) is 13.5. The van der Waals surface area contributed by atoms with Crippen LogP contribution in [0.3, 0.4) is 0 Å². The van der Waals surface area contributed by atoms with Gasteiger partial charge in [0.05, 0.1) is 13.0 Å². The summed E-state index contributed by atoms with van der Waals surface area (Å²) < 4.78 is 4.79. The van der Waals surface area contributed by atoms with Gasteiger partial charge < -0.3 is 14.4 Å². The summed E-state index contributed by atoms with van der Waals surface area (Å²) in [6.07, 6.45) is 1.67. The van der Waals surface area contributed by atoms with Crippen molar-refractivity contribution in [2.45, 2.75) is 19.8 Å². The summed E-state index contributed by atoms with van der Waals surface area (Å²) in [4.78, 5) is 38.7. The van der Waals surface area contributed by atoms with E-state index >= 15 is 0 Å². The first-order valence-corrected chi connectivity index (χ1v) is 7.30. The maximum atomic E-state index is 12.9. The molecule has 0 spiro atoms. The summed E-state index contributed by atoms with van der Waals surface area (Å²) in [5.74, 6) is -2.08. The number of benzene rings is 1. The summed E-state index contributed by atoms with van der Waals surface area (Å²) in [5.41, 5.74) is 2.99. The Balaban J connectivity index is 2.76. The molecule has 1 aliphatic heterocycles. The molecule has 1 aromatic carbocycles. The summed E-state index contributed by atoms with van der Waals surface area (Å²) in [6, 6.07) is 5.55. The first kappa shape index (κ1) is 16.7. The molecule has 0 N–H and O–H groups in total. The molecule has 2 atom stereocenters. The van der Waals surface area contributed by atoms with E-state index in [0.717, 1.165) is 5.56 Å². The number of ether oxygens (including phenoxy) is 1. The molecular weight excluding hydrogens is 294 g/mol. The van der Waals surface area contributed by atoms with Gasteiger partial charge in [0.2, 0.25) is 5.91 Å². The fourth-order valence-electron chi connectivity index (χ4n) is 3.10. The number of esters is 1. The van der Waals surface area contributed by atoms with Gasteiger partial charge in [0.1, 0.15) is 6.29 Å². The largest absolute Gasteiger partial charge is 0.468 e. The number of fused-ring (bicyclic) bond motifs is 1. The van der Waals surface area contributed by atoms with Crippen LogP contribution in [0.2, 0.25) is 0 Å². The summed E-state index contributed by atoms with van der Waals surface area (Å²) in [7, 11) is 1.19. The van der Waals surface area contributed by atoms with E-state index in [4.69, 9.17) is 4.74 Å². The molecular formula is C18H19NO4. The van der Waals surface area contributed by atoms with Gasteiger partial charge in [0.25, 0.3) is 0 Å². The Morgan fingerprint density at radius 3 is 2.74 bits per heavy atom. The molecule has 120 valence electrons. The van der Waals surface area contributed by atoms with E-state index in [1.54, 1.807) is 4.90 Å². The van der Waals surface area contributed by atoms with Crippen molar-refractivity contribution < 1.29 is 19.1 Å². The van der Waals surface area contributed by atoms with Crippen molar-refractivity contribution in [1.82, 2.24) is 0 Å². The van der Waals surface area contributed by atoms with Crippen LogP contribution in [0.15, 0.2) is 36.6 Å². The molecule has 0 saturated carbocycles. The van der Waals surface area contributed by atoms with E-state index in [-0.39, 0.29) is 5.91 Å². The highest BCUT2D eigenvalue weighted by atomic mass is 16.5. The fraction of sp³-hybridized carbons (Fsp3) is 0.333. The molecule has 1 amide bonds. The predicted octanol–water partition coefficient (Wildman–Crippen LogP) is 2.14. The lowest BCUT2D eigenvalue weighted by molar-refractivity contribution is -0.154. The van der Waals surface area contributed by atoms with Crippen LogP contribution in [0.5, 0.6) is 0 Å². The second-order valence-electron chi connectivity index (χ2n) is 5.47. The van der Waals surface area contributed by atoms with E-state index in [9.17, 15) is 14.4 Å². The highest BCUT2D eigenvalue weighted by molar-refractivity contribution is 6.12. The minimum Gasteiger partial charge on any atom is -0.468 e. The Hall–Kier alpha value is -2.65. The number of carbonyl (C=O) groups is 3. The fourth-order valence-corrected chi connectivity index (χ4v) is 3.10. The van der Waals surface area contributed by atoms with Crippen LogP contribution in [0.1, 0.15) is 24.0 Å². The Labute approximate surface area is 135 Å². The summed E-state index contributed by atoms with van der Waals surface area (Å²) in [5, 5.41) is 0. The molecule has 5 nitrogen and oxygen atoms in total. The number of likely N-dealkylation sites (N-methyl/N-ethyl adjacent to an activating group) is 1. The van der Waals surface area contributed by atoms with Gasteiger partial charge in [-0.1, -0.05) is 24.3 Å². The Bertz CT molecular complexity index is 718. The summed E-state index contributed by atoms with van der Waals surface area (Å²) in [6.45, 7) is 7.62. The predicted molar refractivity (Wildman–Crippen MR) is 86.2 cm³/mol. The quantitative estimate of drug-likeness (QED) is 0.362. The smallest absolute Gasteiger partial charge is 0.324 e. The molecule has 1 heterocycles. The van der Waals surface area contributed by atoms with Crippen molar-refractivity contribution in [3.8, 4) is 0 Å². The molecule has 0 aliphatic carbocycles. The van der Waals surface area contributed by atoms with Gasteiger partial charge in [-0.05, 0) is 31.6 Å². The standard InChI is InChI=1S/C18H19NO4/c1-5-9-18(11-20,17(22)23-4)15-13-10-12(3)7-8-14(13)19(6-2)16(15)21/h7-11,15H,1,6H2,2-4H3. The Morgan fingerprint density at radius 1 is 1.52 bits per heavy atom. The molecule has 0 aromatic heterocycles. The number of methoxy groups -OCH3 is 1. The third kappa shape index (κ3) is 2.39. The molecule has 0 radical (unpaired) electrons. The van der Waals surface area contributed by atoms with E-state index in [1.165, 1.54) is 13.2 Å². The second-order valence-corrected chi connectivity index (χ2v) is 5.47. The van der Waals surface area contributed by atoms with Gasteiger partial charge in [0.15, 0.2) is 5.41 Å². The number of hydrogen-bond donors (Lipinski definition) is 0. The zero-order valence-electron chi connectivity index (χ0n) is 13.5. The lowest BCUT2D eigenvalue weighted by atomic mass is 9.73. The molecule has 0 bridgehead atoms. The number of aldehydes is 1. The minimum atomic E-state index is -1.76. The molecule has 2 unspecified atom stereocenters. The van der Waals surface area contributed by atoms with Crippen LogP contribution < -0.4 is 4.90 Å². The van der Waals surface area contributed by atoms with Crippen molar-refractivity contribution in [2.24, 2.45) is 5.41 Å². The van der Waals surface area contributed by atoms with Crippen molar-refractivity contribution in [3.63, 3.8) is 0 Å². The van der Waals surface area contributed by atoms with E-state index in [1.807, 2.05) is 32.0 Å². The first-order valence-electron chi connectivity index (χ1n) is 7.30. The van der Waals surface area contributed by atoms with Gasteiger partial charge in [-0.3, -0.25) is 9.59 Å². The van der Waals surface area contributed by atoms with Crippen molar-refractivity contribution in [2.75, 3.05) is 18.6 Å². The number of nitrogens with zero attached hydrogens (tertiary/aromatic N) is 1. The first-order chi connectivity index (χ1) is 11.0. The highest BCUT2D eigenvalue weighted by Gasteiger charge is 2.54. The maximum Gasteiger partial charge on any atom is 0.324 e. The van der Waals surface area contributed by atoms with Gasteiger partial charge in [0, 0.05) is 12.2 Å². The van der Waals surface area contributed by atoms with Crippen LogP contribution in [-0.4, -0.2) is 31.8 Å². The maximum absolute atomic E-state index is 12.9. The Morgan fingerprint density at radius 2 is 2.22 bits per heavy atom. The number of hydrogen-bond acceptors (Lipinski definition) is 4. The lowest BCUT2D eigenvalue weighted by Crippen LogP contribution is -2.43. The van der Waals surface area contributed by atoms with Crippen LogP contribution >= 0.6 is 0 Å². The van der Waals surface area contributed by atoms with Crippen LogP contribution in [-0.2, 0) is 19.1 Å². The topological polar surface area (TPSA) is 63.7 Å². The minimum absolute atomic E-state index is 0.308. The van der Waals surface area contributed by atoms with E-state index < -0.39 is 17.3 Å². The van der Waals surface area contributed by atoms with Crippen LogP contribution in [0.25, 0.3) is 0 Å². The number of aryl methyl sites for hydroxylation is 1. The van der Waals surface area contributed by atoms with Gasteiger partial charge >= 0.3 is 5.97 Å². The lowest BCUT2D eigenvalue weighted by Gasteiger charge is -2.27. The number of anilines is 1. The van der Waals surface area contributed by atoms with Crippen LogP contribution in [0, 0.1) is 12.3 Å². The molecule has 0 saturated heterocycles. The number of amides is 1.